The summed E-state index contributed by atoms with van der Waals surface area (Å²) in [5.74, 6) is -1.07. The third-order valence-corrected chi connectivity index (χ3v) is 2.15. The number of hydrogen-bond acceptors (Lipinski definition) is 3. The normalized spacial score (nSPS) is 12.2. The molecule has 1 aromatic rings. The van der Waals surface area contributed by atoms with Gasteiger partial charge in [-0.2, -0.15) is 0 Å². The first-order chi connectivity index (χ1) is 6.49. The first-order valence-corrected chi connectivity index (χ1v) is 5.56. The molecule has 0 bridgehead atoms. The van der Waals surface area contributed by atoms with E-state index in [0.29, 0.717) is 5.69 Å². The Morgan fingerprint density at radius 2 is 2.21 bits per heavy atom. The molecule has 0 radical (unpaired) electrons. The zero-order valence-electron chi connectivity index (χ0n) is 7.28. The fourth-order valence-corrected chi connectivity index (χ4v) is 1.62. The molecule has 1 atom stereocenters. The van der Waals surface area contributed by atoms with Crippen molar-refractivity contribution in [3.63, 3.8) is 0 Å². The fraction of sp³-hybridized carbons (Fsp3) is 0.125. The molecule has 0 heterocycles. The molecular weight excluding hydrogens is 226 g/mol. The maximum Gasteiger partial charge on any atom is 0.335 e. The fourth-order valence-electron chi connectivity index (χ4n) is 0.938. The molecule has 2 N–H and O–H groups in total. The largest absolute Gasteiger partial charge is 0.593 e. The molecule has 14 heavy (non-hydrogen) atoms. The summed E-state index contributed by atoms with van der Waals surface area (Å²) in [5.41, 5.74) is 0.487. The number of aromatic carboxylic acids is 1. The van der Waals surface area contributed by atoms with Crippen molar-refractivity contribution in [1.29, 1.82) is 0 Å². The van der Waals surface area contributed by atoms with Crippen LogP contribution in [0.2, 0.25) is 5.02 Å². The summed E-state index contributed by atoms with van der Waals surface area (Å²) in [5, 5.41) is 9.00. The molecule has 0 saturated heterocycles. The highest BCUT2D eigenvalue weighted by molar-refractivity contribution is 7.92. The van der Waals surface area contributed by atoms with Crippen LogP contribution < -0.4 is 4.72 Å². The Morgan fingerprint density at radius 3 is 2.71 bits per heavy atom. The van der Waals surface area contributed by atoms with Gasteiger partial charge in [-0.1, -0.05) is 11.6 Å². The maximum atomic E-state index is 10.8. The van der Waals surface area contributed by atoms with Crippen LogP contribution in [-0.2, 0) is 11.4 Å². The molecule has 0 fully saturated rings. The second-order valence-corrected chi connectivity index (χ2v) is 4.14. The van der Waals surface area contributed by atoms with Gasteiger partial charge in [0.05, 0.1) is 22.6 Å². The molecule has 6 heteroatoms. The first kappa shape index (κ1) is 11.2. The van der Waals surface area contributed by atoms with E-state index in [0.717, 1.165) is 0 Å². The highest BCUT2D eigenvalue weighted by Gasteiger charge is 2.08. The predicted octanol–water partition coefficient (Wildman–Crippen LogP) is 1.74. The monoisotopic (exact) mass is 233 g/mol. The van der Waals surface area contributed by atoms with Crippen LogP contribution >= 0.6 is 11.6 Å². The van der Waals surface area contributed by atoms with Crippen molar-refractivity contribution in [3.05, 3.63) is 28.8 Å². The molecule has 0 saturated carbocycles. The van der Waals surface area contributed by atoms with Crippen molar-refractivity contribution >= 4 is 34.6 Å². The number of anilines is 1. The molecule has 0 aliphatic rings. The lowest BCUT2D eigenvalue weighted by molar-refractivity contribution is 0.0697. The van der Waals surface area contributed by atoms with E-state index in [1.165, 1.54) is 24.5 Å². The van der Waals surface area contributed by atoms with E-state index in [1.54, 1.807) is 0 Å². The van der Waals surface area contributed by atoms with Crippen molar-refractivity contribution in [2.75, 3.05) is 11.0 Å². The molecule has 4 nitrogen and oxygen atoms in total. The van der Waals surface area contributed by atoms with Crippen molar-refractivity contribution in [2.45, 2.75) is 0 Å². The van der Waals surface area contributed by atoms with Crippen LogP contribution in [0.3, 0.4) is 0 Å². The number of rotatable bonds is 3. The number of carbonyl (C=O) groups is 1. The molecule has 0 aliphatic heterocycles. The van der Waals surface area contributed by atoms with Crippen molar-refractivity contribution in [1.82, 2.24) is 0 Å². The Balaban J connectivity index is 3.01. The van der Waals surface area contributed by atoms with E-state index in [9.17, 15) is 9.35 Å². The molecule has 0 aliphatic carbocycles. The van der Waals surface area contributed by atoms with Gasteiger partial charge in [0, 0.05) is 5.02 Å². The average Bonchev–Trinajstić information content (AvgIpc) is 2.01. The lowest BCUT2D eigenvalue weighted by atomic mass is 10.2. The van der Waals surface area contributed by atoms with E-state index in [1.807, 2.05) is 0 Å². The third-order valence-electron chi connectivity index (χ3n) is 1.41. The van der Waals surface area contributed by atoms with E-state index in [4.69, 9.17) is 16.7 Å². The van der Waals surface area contributed by atoms with Gasteiger partial charge in [0.25, 0.3) is 0 Å². The molecule has 0 aromatic heterocycles. The molecule has 76 valence electrons. The number of benzene rings is 1. The summed E-state index contributed by atoms with van der Waals surface area (Å²) in [6, 6.07) is 4.21. The van der Waals surface area contributed by atoms with Gasteiger partial charge < -0.3 is 9.66 Å². The van der Waals surface area contributed by atoms with Gasteiger partial charge in [0.15, 0.2) is 0 Å². The van der Waals surface area contributed by atoms with Crippen molar-refractivity contribution < 1.29 is 14.5 Å². The van der Waals surface area contributed by atoms with Crippen molar-refractivity contribution in [3.8, 4) is 0 Å². The van der Waals surface area contributed by atoms with Crippen LogP contribution in [0.15, 0.2) is 18.2 Å². The zero-order chi connectivity index (χ0) is 10.7. The zero-order valence-corrected chi connectivity index (χ0v) is 8.85. The smallest absolute Gasteiger partial charge is 0.335 e. The number of halogens is 1. The predicted molar refractivity (Wildman–Crippen MR) is 56.1 cm³/mol. The van der Waals surface area contributed by atoms with Gasteiger partial charge in [-0.05, 0) is 18.2 Å². The Labute approximate surface area is 89.2 Å². The molecule has 0 amide bonds. The third kappa shape index (κ3) is 3.10. The van der Waals surface area contributed by atoms with Crippen LogP contribution in [0.1, 0.15) is 10.4 Å². The lowest BCUT2D eigenvalue weighted by Crippen LogP contribution is -2.10. The standard InChI is InChI=1S/C8H8ClNO3S/c1-14(13)10-7-3-5(8(11)12)2-6(9)4-7/h2-4,10H,1H3,(H,11,12). The minimum absolute atomic E-state index is 0.0606. The second-order valence-electron chi connectivity index (χ2n) is 2.59. The van der Waals surface area contributed by atoms with Gasteiger partial charge in [0.1, 0.15) is 6.26 Å². The minimum Gasteiger partial charge on any atom is -0.593 e. The van der Waals surface area contributed by atoms with Crippen LogP contribution in [0.5, 0.6) is 0 Å². The van der Waals surface area contributed by atoms with Gasteiger partial charge in [0.2, 0.25) is 0 Å². The Hall–Kier alpha value is -0.910. The summed E-state index contributed by atoms with van der Waals surface area (Å²) in [7, 11) is 0. The highest BCUT2D eigenvalue weighted by atomic mass is 35.5. The van der Waals surface area contributed by atoms with Gasteiger partial charge >= 0.3 is 5.97 Å². The van der Waals surface area contributed by atoms with Gasteiger partial charge in [-0.15, -0.1) is 0 Å². The maximum absolute atomic E-state index is 10.8. The van der Waals surface area contributed by atoms with Crippen LogP contribution in [0.25, 0.3) is 0 Å². The first-order valence-electron chi connectivity index (χ1n) is 3.63. The summed E-state index contributed by atoms with van der Waals surface area (Å²) in [6.45, 7) is 0. The van der Waals surface area contributed by atoms with E-state index in [2.05, 4.69) is 4.72 Å². The molecule has 0 spiro atoms. The number of carboxylic acids is 1. The average molecular weight is 234 g/mol. The summed E-state index contributed by atoms with van der Waals surface area (Å²) in [6.07, 6.45) is 1.45. The van der Waals surface area contributed by atoms with Crippen molar-refractivity contribution in [2.24, 2.45) is 0 Å². The summed E-state index contributed by atoms with van der Waals surface area (Å²) in [4.78, 5) is 10.6. The van der Waals surface area contributed by atoms with Crippen LogP contribution in [0, 0.1) is 0 Å². The SMILES string of the molecule is C[S+]([O-])Nc1cc(Cl)cc(C(=O)O)c1. The Kier molecular flexibility index (Phi) is 3.62. The van der Waals surface area contributed by atoms with Gasteiger partial charge in [-0.3, -0.25) is 0 Å². The molecular formula is C8H8ClNO3S. The highest BCUT2D eigenvalue weighted by Crippen LogP contribution is 2.19. The molecule has 1 aromatic carbocycles. The lowest BCUT2D eigenvalue weighted by Gasteiger charge is -2.07. The Bertz CT molecular complexity index is 356. The second kappa shape index (κ2) is 4.54. The topological polar surface area (TPSA) is 72.4 Å². The minimum atomic E-state index is -1.25. The number of nitrogens with one attached hydrogen (secondary N) is 1. The van der Waals surface area contributed by atoms with E-state index < -0.39 is 17.3 Å². The summed E-state index contributed by atoms with van der Waals surface area (Å²) >= 11 is 4.43. The molecule has 1 unspecified atom stereocenters. The Morgan fingerprint density at radius 1 is 1.57 bits per heavy atom. The number of hydrogen-bond donors (Lipinski definition) is 2. The van der Waals surface area contributed by atoms with E-state index in [-0.39, 0.29) is 10.6 Å². The van der Waals surface area contributed by atoms with E-state index >= 15 is 0 Å². The van der Waals surface area contributed by atoms with Crippen LogP contribution in [-0.4, -0.2) is 21.9 Å². The quantitative estimate of drug-likeness (QED) is 0.780. The summed E-state index contributed by atoms with van der Waals surface area (Å²) < 4.78 is 13.4. The number of carboxylic acid groups (broad SMARTS) is 1. The van der Waals surface area contributed by atoms with Crippen LogP contribution in [0.4, 0.5) is 5.69 Å². The molecule has 1 rings (SSSR count). The van der Waals surface area contributed by atoms with Gasteiger partial charge in [-0.25, -0.2) is 9.52 Å².